The number of ether oxygens (including phenoxy) is 2. The van der Waals surface area contributed by atoms with Crippen molar-refractivity contribution in [1.82, 2.24) is 14.9 Å². The number of benzene rings is 2. The number of aliphatic hydroxyl groups excluding tert-OH is 1. The van der Waals surface area contributed by atoms with Crippen molar-refractivity contribution in [1.29, 1.82) is 0 Å². The molecule has 0 spiro atoms. The number of aryl methyl sites for hydroxylation is 1. The predicted octanol–water partition coefficient (Wildman–Crippen LogP) is 2.45. The molecule has 1 amide bonds. The predicted molar refractivity (Wildman–Crippen MR) is 132 cm³/mol. The molecule has 3 heterocycles. The molecule has 184 valence electrons. The lowest BCUT2D eigenvalue weighted by molar-refractivity contribution is -0.0395. The standard InChI is InChI=1S/C27H31N3O5/c1-16-17(2)25-22(27(33)30(15-28-25)23-8-10-35-14-24(23)31)12-20(16)11-18-3-5-19(6-4-18)26(32)29-21-7-9-34-13-21/h3-6,12,15,21,23-24,31H,7-11,13-14H2,1-2H3,(H,29,32)/t21?,23-,24-/m0/s1. The fraction of sp³-hybridized carbons (Fsp3) is 0.444. The van der Waals surface area contributed by atoms with Crippen molar-refractivity contribution in [2.45, 2.75) is 51.3 Å². The van der Waals surface area contributed by atoms with Gasteiger partial charge in [0.2, 0.25) is 0 Å². The van der Waals surface area contributed by atoms with Gasteiger partial charge in [-0.15, -0.1) is 0 Å². The van der Waals surface area contributed by atoms with Crippen molar-refractivity contribution >= 4 is 16.8 Å². The molecule has 2 saturated heterocycles. The van der Waals surface area contributed by atoms with Crippen LogP contribution < -0.4 is 10.9 Å². The summed E-state index contributed by atoms with van der Waals surface area (Å²) in [7, 11) is 0. The first-order valence-electron chi connectivity index (χ1n) is 12.2. The van der Waals surface area contributed by atoms with Crippen LogP contribution in [0.5, 0.6) is 0 Å². The van der Waals surface area contributed by atoms with Gasteiger partial charge in [0.1, 0.15) is 0 Å². The van der Waals surface area contributed by atoms with E-state index in [9.17, 15) is 14.7 Å². The second-order valence-corrected chi connectivity index (χ2v) is 9.54. The van der Waals surface area contributed by atoms with Crippen LogP contribution >= 0.6 is 0 Å². The van der Waals surface area contributed by atoms with Crippen molar-refractivity contribution < 1.29 is 19.4 Å². The number of carbonyl (C=O) groups excluding carboxylic acids is 1. The maximum atomic E-state index is 13.4. The molecule has 2 aromatic carbocycles. The molecule has 0 radical (unpaired) electrons. The van der Waals surface area contributed by atoms with Crippen LogP contribution in [0.3, 0.4) is 0 Å². The van der Waals surface area contributed by atoms with Crippen molar-refractivity contribution in [2.75, 3.05) is 26.4 Å². The second-order valence-electron chi connectivity index (χ2n) is 9.54. The summed E-state index contributed by atoms with van der Waals surface area (Å²) in [5.41, 5.74) is 5.33. The van der Waals surface area contributed by atoms with Crippen LogP contribution in [0.1, 0.15) is 51.5 Å². The number of carbonyl (C=O) groups is 1. The molecule has 1 unspecified atom stereocenters. The van der Waals surface area contributed by atoms with E-state index in [0.29, 0.717) is 49.1 Å². The third kappa shape index (κ3) is 4.74. The van der Waals surface area contributed by atoms with E-state index < -0.39 is 6.10 Å². The van der Waals surface area contributed by atoms with Gasteiger partial charge in [0.05, 0.1) is 48.6 Å². The Balaban J connectivity index is 1.41. The SMILES string of the molecule is Cc1c(Cc2ccc(C(=O)NC3CCOC3)cc2)cc2c(=O)n([C@H]3CCOC[C@@H]3O)cnc2c1C. The minimum Gasteiger partial charge on any atom is -0.389 e. The monoisotopic (exact) mass is 477 g/mol. The first kappa shape index (κ1) is 23.7. The van der Waals surface area contributed by atoms with Crippen molar-refractivity contribution in [2.24, 2.45) is 0 Å². The first-order chi connectivity index (χ1) is 16.9. The molecule has 0 saturated carbocycles. The minimum atomic E-state index is -0.733. The highest BCUT2D eigenvalue weighted by Gasteiger charge is 2.27. The zero-order valence-electron chi connectivity index (χ0n) is 20.1. The van der Waals surface area contributed by atoms with Gasteiger partial charge < -0.3 is 19.9 Å². The molecule has 1 aromatic heterocycles. The number of rotatable bonds is 5. The van der Waals surface area contributed by atoms with Gasteiger partial charge in [-0.25, -0.2) is 4.98 Å². The Morgan fingerprint density at radius 1 is 1.11 bits per heavy atom. The quantitative estimate of drug-likeness (QED) is 0.585. The highest BCUT2D eigenvalue weighted by molar-refractivity contribution is 5.94. The number of amides is 1. The van der Waals surface area contributed by atoms with Crippen LogP contribution in [0.25, 0.3) is 10.9 Å². The van der Waals surface area contributed by atoms with Gasteiger partial charge in [0, 0.05) is 18.8 Å². The largest absolute Gasteiger partial charge is 0.389 e. The number of hydrogen-bond acceptors (Lipinski definition) is 6. The van der Waals surface area contributed by atoms with E-state index in [-0.39, 0.29) is 30.2 Å². The summed E-state index contributed by atoms with van der Waals surface area (Å²) >= 11 is 0. The summed E-state index contributed by atoms with van der Waals surface area (Å²) in [4.78, 5) is 30.5. The Kier molecular flexibility index (Phi) is 6.69. The minimum absolute atomic E-state index is 0.0744. The summed E-state index contributed by atoms with van der Waals surface area (Å²) in [5, 5.41) is 13.9. The van der Waals surface area contributed by atoms with E-state index in [2.05, 4.69) is 10.3 Å². The molecule has 2 fully saturated rings. The molecule has 8 nitrogen and oxygen atoms in total. The smallest absolute Gasteiger partial charge is 0.261 e. The van der Waals surface area contributed by atoms with E-state index in [1.165, 1.54) is 0 Å². The van der Waals surface area contributed by atoms with Gasteiger partial charge in [0.15, 0.2) is 0 Å². The van der Waals surface area contributed by atoms with Crippen LogP contribution in [-0.2, 0) is 15.9 Å². The fourth-order valence-corrected chi connectivity index (χ4v) is 4.98. The Labute approximate surface area is 203 Å². The lowest BCUT2D eigenvalue weighted by Gasteiger charge is -2.29. The second kappa shape index (κ2) is 9.89. The fourth-order valence-electron chi connectivity index (χ4n) is 4.98. The van der Waals surface area contributed by atoms with Crippen LogP contribution in [0, 0.1) is 13.8 Å². The lowest BCUT2D eigenvalue weighted by atomic mass is 9.94. The molecule has 2 N–H and O–H groups in total. The molecule has 5 rings (SSSR count). The Bertz CT molecular complexity index is 1290. The molecule has 2 aliphatic rings. The molecule has 8 heteroatoms. The van der Waals surface area contributed by atoms with Gasteiger partial charge in [-0.05, 0) is 73.6 Å². The molecule has 2 aliphatic heterocycles. The normalized spacial score (nSPS) is 22.4. The molecule has 3 atom stereocenters. The molecular weight excluding hydrogens is 446 g/mol. The van der Waals surface area contributed by atoms with Crippen LogP contribution in [0.15, 0.2) is 41.5 Å². The van der Waals surface area contributed by atoms with Crippen molar-refractivity contribution in [3.8, 4) is 0 Å². The van der Waals surface area contributed by atoms with Gasteiger partial charge in [-0.2, -0.15) is 0 Å². The Hall–Kier alpha value is -3.07. The summed E-state index contributed by atoms with van der Waals surface area (Å²) < 4.78 is 12.2. The Morgan fingerprint density at radius 3 is 2.57 bits per heavy atom. The number of aliphatic hydroxyl groups is 1. The molecule has 0 aliphatic carbocycles. The van der Waals surface area contributed by atoms with Crippen molar-refractivity contribution in [3.05, 3.63) is 74.8 Å². The molecule has 0 bridgehead atoms. The average Bonchev–Trinajstić information content (AvgIpc) is 3.37. The Morgan fingerprint density at radius 2 is 1.86 bits per heavy atom. The number of nitrogens with one attached hydrogen (secondary N) is 1. The summed E-state index contributed by atoms with van der Waals surface area (Å²) in [6.45, 7) is 6.01. The number of fused-ring (bicyclic) bond motifs is 1. The first-order valence-corrected chi connectivity index (χ1v) is 12.2. The zero-order valence-corrected chi connectivity index (χ0v) is 20.1. The molecule has 3 aromatic rings. The van der Waals surface area contributed by atoms with Crippen molar-refractivity contribution in [3.63, 3.8) is 0 Å². The van der Waals surface area contributed by atoms with Gasteiger partial charge in [0.25, 0.3) is 11.5 Å². The highest BCUT2D eigenvalue weighted by Crippen LogP contribution is 2.26. The maximum absolute atomic E-state index is 13.4. The van der Waals surface area contributed by atoms with Crippen LogP contribution in [0.4, 0.5) is 0 Å². The summed E-state index contributed by atoms with van der Waals surface area (Å²) in [6.07, 6.45) is 2.87. The zero-order chi connectivity index (χ0) is 24.5. The number of nitrogens with zero attached hydrogens (tertiary/aromatic N) is 2. The molecule has 35 heavy (non-hydrogen) atoms. The van der Waals surface area contributed by atoms with Gasteiger partial charge >= 0.3 is 0 Å². The van der Waals surface area contributed by atoms with Crippen LogP contribution in [0.2, 0.25) is 0 Å². The van der Waals surface area contributed by atoms with E-state index in [0.717, 1.165) is 28.7 Å². The highest BCUT2D eigenvalue weighted by atomic mass is 16.5. The number of hydrogen-bond donors (Lipinski definition) is 2. The maximum Gasteiger partial charge on any atom is 0.261 e. The van der Waals surface area contributed by atoms with Crippen LogP contribution in [-0.4, -0.2) is 59.1 Å². The van der Waals surface area contributed by atoms with E-state index in [1.807, 2.05) is 44.2 Å². The third-order valence-corrected chi connectivity index (χ3v) is 7.27. The van der Waals surface area contributed by atoms with E-state index in [4.69, 9.17) is 9.47 Å². The molecular formula is C27H31N3O5. The van der Waals surface area contributed by atoms with Gasteiger partial charge in [-0.1, -0.05) is 12.1 Å². The topological polar surface area (TPSA) is 103 Å². The van der Waals surface area contributed by atoms with E-state index >= 15 is 0 Å². The summed E-state index contributed by atoms with van der Waals surface area (Å²) in [6, 6.07) is 9.25. The third-order valence-electron chi connectivity index (χ3n) is 7.27. The van der Waals surface area contributed by atoms with E-state index in [1.54, 1.807) is 10.9 Å². The number of aromatic nitrogens is 2. The average molecular weight is 478 g/mol. The lowest BCUT2D eigenvalue weighted by Crippen LogP contribution is -2.39. The van der Waals surface area contributed by atoms with Gasteiger partial charge in [-0.3, -0.25) is 14.2 Å². The summed E-state index contributed by atoms with van der Waals surface area (Å²) in [5.74, 6) is -0.0910.